The Balaban J connectivity index is 3.12. The van der Waals surface area contributed by atoms with Crippen molar-refractivity contribution < 1.29 is 24.5 Å². The van der Waals surface area contributed by atoms with Crippen LogP contribution in [-0.4, -0.2) is 47.7 Å². The number of carbonyl (C=O) groups excluding carboxylic acids is 1. The molecule has 0 aromatic heterocycles. The molecule has 188 valence electrons. The van der Waals surface area contributed by atoms with Crippen molar-refractivity contribution in [2.45, 2.75) is 71.4 Å². The Morgan fingerprint density at radius 2 is 1.79 bits per heavy atom. The van der Waals surface area contributed by atoms with Crippen molar-refractivity contribution in [3.05, 3.63) is 84.6 Å². The van der Waals surface area contributed by atoms with E-state index in [0.29, 0.717) is 12.3 Å². The van der Waals surface area contributed by atoms with E-state index in [1.165, 1.54) is 13.2 Å². The van der Waals surface area contributed by atoms with Crippen molar-refractivity contribution in [2.75, 3.05) is 7.11 Å². The van der Waals surface area contributed by atoms with Gasteiger partial charge in [0.1, 0.15) is 18.3 Å². The molecule has 0 bridgehead atoms. The van der Waals surface area contributed by atoms with Gasteiger partial charge in [-0.05, 0) is 31.8 Å². The van der Waals surface area contributed by atoms with Gasteiger partial charge >= 0.3 is 5.97 Å². The van der Waals surface area contributed by atoms with Crippen molar-refractivity contribution in [1.82, 2.24) is 0 Å². The molecule has 2 N–H and O–H groups in total. The molecule has 5 nitrogen and oxygen atoms in total. The summed E-state index contributed by atoms with van der Waals surface area (Å²) in [5.41, 5.74) is 0.946. The number of rotatable bonds is 3. The van der Waals surface area contributed by atoms with Crippen LogP contribution in [0.25, 0.3) is 0 Å². The molecule has 6 atom stereocenters. The number of ether oxygens (including phenoxy) is 2. The van der Waals surface area contributed by atoms with Crippen LogP contribution in [0.3, 0.4) is 0 Å². The van der Waals surface area contributed by atoms with E-state index in [-0.39, 0.29) is 12.0 Å². The topological polar surface area (TPSA) is 76.0 Å². The first kappa shape index (κ1) is 29.6. The Hall–Kier alpha value is -2.47. The third-order valence-electron chi connectivity index (χ3n) is 5.50. The predicted molar refractivity (Wildman–Crippen MR) is 139 cm³/mol. The van der Waals surface area contributed by atoms with Crippen LogP contribution in [0.2, 0.25) is 0 Å². The van der Waals surface area contributed by atoms with Crippen LogP contribution >= 0.6 is 0 Å². The Kier molecular flexibility index (Phi) is 14.8. The summed E-state index contributed by atoms with van der Waals surface area (Å²) in [4.78, 5) is 12.3. The number of methoxy groups -OCH3 is 1. The van der Waals surface area contributed by atoms with Crippen LogP contribution in [0.5, 0.6) is 0 Å². The maximum absolute atomic E-state index is 12.3. The van der Waals surface area contributed by atoms with Gasteiger partial charge in [0, 0.05) is 25.5 Å². The largest absolute Gasteiger partial charge is 0.455 e. The predicted octanol–water partition coefficient (Wildman–Crippen LogP) is 5.39. The van der Waals surface area contributed by atoms with Crippen molar-refractivity contribution in [3.63, 3.8) is 0 Å². The van der Waals surface area contributed by atoms with Crippen molar-refractivity contribution >= 4 is 5.97 Å². The van der Waals surface area contributed by atoms with Crippen LogP contribution in [0, 0.1) is 11.8 Å². The number of hydrogen-bond acceptors (Lipinski definition) is 5. The zero-order valence-electron chi connectivity index (χ0n) is 21.2. The molecule has 0 amide bonds. The number of hydrogen-bond donors (Lipinski definition) is 2. The minimum atomic E-state index is -1.06. The summed E-state index contributed by atoms with van der Waals surface area (Å²) in [5.74, 6) is -0.314. The third kappa shape index (κ3) is 12.1. The van der Waals surface area contributed by atoms with E-state index in [4.69, 9.17) is 9.47 Å². The summed E-state index contributed by atoms with van der Waals surface area (Å²) >= 11 is 0. The Labute approximate surface area is 205 Å². The number of aliphatic hydroxyl groups is 2. The molecule has 0 fully saturated rings. The zero-order chi connectivity index (χ0) is 25.3. The molecule has 1 rings (SSSR count). The van der Waals surface area contributed by atoms with E-state index in [1.54, 1.807) is 18.2 Å². The van der Waals surface area contributed by atoms with Gasteiger partial charge in [0.15, 0.2) is 0 Å². The molecule has 0 saturated heterocycles. The first-order chi connectivity index (χ1) is 16.3. The molecule has 0 aromatic rings. The third-order valence-corrected chi connectivity index (χ3v) is 5.50. The highest BCUT2D eigenvalue weighted by molar-refractivity contribution is 5.82. The van der Waals surface area contributed by atoms with E-state index < -0.39 is 24.3 Å². The van der Waals surface area contributed by atoms with Crippen molar-refractivity contribution in [2.24, 2.45) is 11.8 Å². The maximum atomic E-state index is 12.3. The average Bonchev–Trinajstić information content (AvgIpc) is 2.81. The van der Waals surface area contributed by atoms with E-state index in [9.17, 15) is 15.0 Å². The molecule has 0 aliphatic carbocycles. The smallest absolute Gasteiger partial charge is 0.331 e. The molecule has 1 heterocycles. The second kappa shape index (κ2) is 17.0. The quantitative estimate of drug-likeness (QED) is 0.427. The molecular weight excluding hydrogens is 428 g/mol. The second-order valence-electron chi connectivity index (χ2n) is 8.67. The van der Waals surface area contributed by atoms with Crippen LogP contribution in [0.15, 0.2) is 84.6 Å². The van der Waals surface area contributed by atoms with Gasteiger partial charge in [-0.2, -0.15) is 0 Å². The molecule has 0 radical (unpaired) electrons. The van der Waals surface area contributed by atoms with Gasteiger partial charge in [0.2, 0.25) is 0 Å². The summed E-state index contributed by atoms with van der Waals surface area (Å²) in [6, 6.07) is 0. The fourth-order valence-corrected chi connectivity index (χ4v) is 3.30. The summed E-state index contributed by atoms with van der Waals surface area (Å²) < 4.78 is 11.0. The second-order valence-corrected chi connectivity index (χ2v) is 8.67. The zero-order valence-corrected chi connectivity index (χ0v) is 21.2. The maximum Gasteiger partial charge on any atom is 0.331 e. The number of esters is 1. The minimum Gasteiger partial charge on any atom is -0.455 e. The first-order valence-electron chi connectivity index (χ1n) is 12.1. The Morgan fingerprint density at radius 1 is 1.03 bits per heavy atom. The van der Waals surface area contributed by atoms with Crippen LogP contribution in [0.1, 0.15) is 47.0 Å². The number of aliphatic hydroxyl groups excluding tert-OH is 2. The molecule has 0 unspecified atom stereocenters. The van der Waals surface area contributed by atoms with Gasteiger partial charge in [-0.25, -0.2) is 4.79 Å². The van der Waals surface area contributed by atoms with Gasteiger partial charge in [0.25, 0.3) is 0 Å². The number of carbonyl (C=O) groups is 1. The fourth-order valence-electron chi connectivity index (χ4n) is 3.30. The lowest BCUT2D eigenvalue weighted by Gasteiger charge is -2.26. The highest BCUT2D eigenvalue weighted by Gasteiger charge is 2.27. The van der Waals surface area contributed by atoms with Gasteiger partial charge < -0.3 is 19.7 Å². The van der Waals surface area contributed by atoms with Crippen LogP contribution in [-0.2, 0) is 14.3 Å². The van der Waals surface area contributed by atoms with E-state index in [1.807, 2.05) is 69.4 Å². The summed E-state index contributed by atoms with van der Waals surface area (Å²) in [6.07, 6.45) is 23.3. The lowest BCUT2D eigenvalue weighted by molar-refractivity contribution is -0.140. The summed E-state index contributed by atoms with van der Waals surface area (Å²) in [6.45, 7) is 7.94. The van der Waals surface area contributed by atoms with Gasteiger partial charge in [-0.15, -0.1) is 0 Å². The SMILES string of the molecule is CC/C=C/[C@H]1C/C=C\C=C/[C@H](OC)[C@@H](O)[C@@H](O)[C@@H](C)/C=C\C[C@@H](C)\C=C/C=C(C)\C=C/C(=O)O1. The van der Waals surface area contributed by atoms with Gasteiger partial charge in [-0.3, -0.25) is 0 Å². The lowest BCUT2D eigenvalue weighted by atomic mass is 9.94. The molecule has 5 heteroatoms. The van der Waals surface area contributed by atoms with Crippen molar-refractivity contribution in [3.8, 4) is 0 Å². The van der Waals surface area contributed by atoms with Crippen LogP contribution in [0.4, 0.5) is 0 Å². The molecule has 1 aliphatic rings. The summed E-state index contributed by atoms with van der Waals surface area (Å²) in [7, 11) is 1.50. The van der Waals surface area contributed by atoms with Gasteiger partial charge in [0.05, 0.1) is 6.10 Å². The van der Waals surface area contributed by atoms with Gasteiger partial charge in [-0.1, -0.05) is 93.2 Å². The monoisotopic (exact) mass is 470 g/mol. The van der Waals surface area contributed by atoms with E-state index in [0.717, 1.165) is 18.4 Å². The molecule has 1 aliphatic heterocycles. The van der Waals surface area contributed by atoms with Crippen molar-refractivity contribution in [1.29, 1.82) is 0 Å². The average molecular weight is 471 g/mol. The van der Waals surface area contributed by atoms with E-state index >= 15 is 0 Å². The molecule has 34 heavy (non-hydrogen) atoms. The Bertz CT molecular complexity index is 799. The minimum absolute atomic E-state index is 0.223. The molecule has 0 saturated carbocycles. The number of allylic oxidation sites excluding steroid dienone is 9. The lowest BCUT2D eigenvalue weighted by Crippen LogP contribution is -2.40. The number of cyclic esters (lactones) is 1. The molecule has 0 spiro atoms. The summed E-state index contributed by atoms with van der Waals surface area (Å²) in [5, 5.41) is 21.2. The highest BCUT2D eigenvalue weighted by atomic mass is 16.5. The Morgan fingerprint density at radius 3 is 2.50 bits per heavy atom. The molecular formula is C29H42O5. The van der Waals surface area contributed by atoms with E-state index in [2.05, 4.69) is 13.0 Å². The highest BCUT2D eigenvalue weighted by Crippen LogP contribution is 2.16. The first-order valence-corrected chi connectivity index (χ1v) is 12.1. The fraction of sp³-hybridized carbons (Fsp3) is 0.483. The van der Waals surface area contributed by atoms with Crippen LogP contribution < -0.4 is 0 Å². The standard InChI is InChI=1S/C29H42O5/c1-6-7-17-25-18-9-8-10-19-26(33-5)29(32)28(31)24(4)16-12-15-22(2)13-11-14-23(3)20-21-27(30)34-25/h7-14,16-17,19-22,24-26,28-29,31-32H,6,15,18H2,1-5H3/b9-8-,13-11-,16-12-,17-7+,19-10-,21-20-,23-14-/t22-,24-,25-,26-,28-,29+/m0/s1. The normalized spacial score (nSPS) is 36.8. The molecule has 0 aromatic carbocycles.